The van der Waals surface area contributed by atoms with E-state index in [1.807, 2.05) is 37.3 Å². The molecule has 1 unspecified atom stereocenters. The number of methoxy groups -OCH3 is 1. The van der Waals surface area contributed by atoms with Gasteiger partial charge in [0, 0.05) is 5.56 Å². The van der Waals surface area contributed by atoms with Gasteiger partial charge in [0.25, 0.3) is 5.56 Å². The topological polar surface area (TPSA) is 88.3 Å². The van der Waals surface area contributed by atoms with E-state index in [4.69, 9.17) is 18.9 Å². The van der Waals surface area contributed by atoms with Crippen molar-refractivity contribution in [1.82, 2.24) is 4.57 Å². The molecule has 8 nitrogen and oxygen atoms in total. The molecule has 9 heteroatoms. The predicted octanol–water partition coefficient (Wildman–Crippen LogP) is 3.77. The van der Waals surface area contributed by atoms with Gasteiger partial charge >= 0.3 is 5.97 Å². The van der Waals surface area contributed by atoms with E-state index < -0.39 is 12.0 Å². The summed E-state index contributed by atoms with van der Waals surface area (Å²) in [6.07, 6.45) is 3.48. The largest absolute Gasteiger partial charge is 0.493 e. The van der Waals surface area contributed by atoms with E-state index in [0.717, 1.165) is 5.56 Å². The normalized spacial score (nSPS) is 14.9. The molecule has 0 aliphatic carbocycles. The standard InChI is InChI=1S/C29H30N2O6S/c1-6-16-37-20-14-12-19(13-15-20)17-23-27(32)31-25(21-10-9-11-22(34-5)26(21)35-7-2)24(28(33)36-8-3)18(4)30-29(31)38-23/h6,9-15,17,25H,1,7-8,16H2,2-5H3. The van der Waals surface area contributed by atoms with E-state index in [2.05, 4.69) is 11.6 Å². The molecule has 1 atom stereocenters. The van der Waals surface area contributed by atoms with Crippen molar-refractivity contribution in [1.29, 1.82) is 0 Å². The van der Waals surface area contributed by atoms with Gasteiger partial charge in [0.1, 0.15) is 18.4 Å². The van der Waals surface area contributed by atoms with Crippen molar-refractivity contribution in [2.75, 3.05) is 26.9 Å². The monoisotopic (exact) mass is 534 g/mol. The molecule has 0 amide bonds. The zero-order valence-electron chi connectivity index (χ0n) is 21.9. The van der Waals surface area contributed by atoms with Gasteiger partial charge < -0.3 is 18.9 Å². The van der Waals surface area contributed by atoms with Gasteiger partial charge in [-0.1, -0.05) is 48.3 Å². The number of carbonyl (C=O) groups excluding carboxylic acids is 1. The maximum absolute atomic E-state index is 13.9. The summed E-state index contributed by atoms with van der Waals surface area (Å²) in [4.78, 5) is 32.2. The lowest BCUT2D eigenvalue weighted by Gasteiger charge is -2.26. The van der Waals surface area contributed by atoms with Crippen LogP contribution in [0.25, 0.3) is 6.08 Å². The Bertz CT molecular complexity index is 1550. The Morgan fingerprint density at radius 3 is 2.55 bits per heavy atom. The first-order chi connectivity index (χ1) is 18.4. The average Bonchev–Trinajstić information content (AvgIpc) is 3.22. The first-order valence-electron chi connectivity index (χ1n) is 12.3. The number of para-hydroxylation sites is 1. The van der Waals surface area contributed by atoms with E-state index in [9.17, 15) is 9.59 Å². The van der Waals surface area contributed by atoms with Crippen molar-refractivity contribution in [3.05, 3.63) is 97.2 Å². The molecule has 0 fully saturated rings. The fourth-order valence-corrected chi connectivity index (χ4v) is 5.31. The Morgan fingerprint density at radius 2 is 1.89 bits per heavy atom. The minimum Gasteiger partial charge on any atom is -0.493 e. The summed E-state index contributed by atoms with van der Waals surface area (Å²) < 4.78 is 24.5. The van der Waals surface area contributed by atoms with E-state index in [1.54, 1.807) is 45.2 Å². The number of benzene rings is 2. The third-order valence-corrected chi connectivity index (χ3v) is 6.86. The molecule has 0 saturated heterocycles. The van der Waals surface area contributed by atoms with Gasteiger partial charge in [-0.25, -0.2) is 9.79 Å². The van der Waals surface area contributed by atoms with E-state index in [1.165, 1.54) is 15.9 Å². The van der Waals surface area contributed by atoms with Crippen molar-refractivity contribution in [2.24, 2.45) is 4.99 Å². The molecular formula is C29H30N2O6S. The first-order valence-corrected chi connectivity index (χ1v) is 13.1. The molecule has 1 aromatic heterocycles. The van der Waals surface area contributed by atoms with Gasteiger partial charge in [0.05, 0.1) is 36.1 Å². The van der Waals surface area contributed by atoms with Crippen LogP contribution in [0.15, 0.2) is 76.2 Å². The Balaban J connectivity index is 1.92. The molecule has 2 heterocycles. The van der Waals surface area contributed by atoms with Gasteiger partial charge in [-0.3, -0.25) is 9.36 Å². The zero-order chi connectivity index (χ0) is 27.2. The van der Waals surface area contributed by atoms with Crippen LogP contribution in [0, 0.1) is 0 Å². The number of allylic oxidation sites excluding steroid dienone is 1. The number of hydrogen-bond acceptors (Lipinski definition) is 8. The van der Waals surface area contributed by atoms with Gasteiger partial charge in [0.15, 0.2) is 16.3 Å². The highest BCUT2D eigenvalue weighted by atomic mass is 32.1. The minimum atomic E-state index is -0.807. The van der Waals surface area contributed by atoms with Crippen molar-refractivity contribution in [3.8, 4) is 17.2 Å². The van der Waals surface area contributed by atoms with Crippen molar-refractivity contribution < 1.29 is 23.7 Å². The number of rotatable bonds is 10. The van der Waals surface area contributed by atoms with Crippen LogP contribution < -0.4 is 29.1 Å². The molecule has 38 heavy (non-hydrogen) atoms. The smallest absolute Gasteiger partial charge is 0.338 e. The molecule has 3 aromatic rings. The summed E-state index contributed by atoms with van der Waals surface area (Å²) in [6.45, 7) is 9.98. The Kier molecular flexibility index (Phi) is 8.48. The van der Waals surface area contributed by atoms with Crippen LogP contribution in [-0.4, -0.2) is 37.5 Å². The molecule has 0 radical (unpaired) electrons. The third kappa shape index (κ3) is 5.28. The van der Waals surface area contributed by atoms with Gasteiger partial charge in [-0.15, -0.1) is 0 Å². The second-order valence-corrected chi connectivity index (χ2v) is 9.29. The highest BCUT2D eigenvalue weighted by Crippen LogP contribution is 2.40. The summed E-state index contributed by atoms with van der Waals surface area (Å²) >= 11 is 1.26. The van der Waals surface area contributed by atoms with Crippen molar-refractivity contribution in [3.63, 3.8) is 0 Å². The van der Waals surface area contributed by atoms with E-state index in [0.29, 0.717) is 51.1 Å². The quantitative estimate of drug-likeness (QED) is 0.291. The molecule has 0 spiro atoms. The predicted molar refractivity (Wildman–Crippen MR) is 147 cm³/mol. The summed E-state index contributed by atoms with van der Waals surface area (Å²) in [5.74, 6) is 1.14. The lowest BCUT2D eigenvalue weighted by molar-refractivity contribution is -0.139. The highest BCUT2D eigenvalue weighted by Gasteiger charge is 2.35. The number of fused-ring (bicyclic) bond motifs is 1. The van der Waals surface area contributed by atoms with E-state index >= 15 is 0 Å². The SMILES string of the molecule is C=CCOc1ccc(C=c2sc3n(c2=O)C(c2cccc(OC)c2OCC)C(C(=O)OCC)=C(C)N=3)cc1. The minimum absolute atomic E-state index is 0.190. The molecule has 0 N–H and O–H groups in total. The number of ether oxygens (including phenoxy) is 4. The van der Waals surface area contributed by atoms with Crippen LogP contribution in [0.3, 0.4) is 0 Å². The van der Waals surface area contributed by atoms with Crippen molar-refractivity contribution >= 4 is 23.4 Å². The molecule has 0 saturated carbocycles. The maximum Gasteiger partial charge on any atom is 0.338 e. The lowest BCUT2D eigenvalue weighted by atomic mass is 9.94. The maximum atomic E-state index is 13.9. The van der Waals surface area contributed by atoms with Crippen LogP contribution >= 0.6 is 11.3 Å². The molecule has 2 aromatic carbocycles. The summed E-state index contributed by atoms with van der Waals surface area (Å²) in [5, 5.41) is 0. The number of aromatic nitrogens is 1. The average molecular weight is 535 g/mol. The van der Waals surface area contributed by atoms with Crippen LogP contribution in [0.2, 0.25) is 0 Å². The Labute approximate surface area is 224 Å². The van der Waals surface area contributed by atoms with Gasteiger partial charge in [-0.05, 0) is 50.6 Å². The van der Waals surface area contributed by atoms with Crippen LogP contribution in [0.1, 0.15) is 37.9 Å². The van der Waals surface area contributed by atoms with E-state index in [-0.39, 0.29) is 17.7 Å². The lowest BCUT2D eigenvalue weighted by Crippen LogP contribution is -2.40. The van der Waals surface area contributed by atoms with Gasteiger partial charge in [0.2, 0.25) is 0 Å². The zero-order valence-corrected chi connectivity index (χ0v) is 22.7. The number of nitrogens with zero attached hydrogens (tertiary/aromatic N) is 2. The van der Waals surface area contributed by atoms with Gasteiger partial charge in [-0.2, -0.15) is 0 Å². The summed E-state index contributed by atoms with van der Waals surface area (Å²) in [7, 11) is 1.55. The number of carbonyl (C=O) groups is 1. The first kappa shape index (κ1) is 26.9. The van der Waals surface area contributed by atoms with Crippen molar-refractivity contribution in [2.45, 2.75) is 26.8 Å². The number of esters is 1. The van der Waals surface area contributed by atoms with Crippen LogP contribution in [-0.2, 0) is 9.53 Å². The summed E-state index contributed by atoms with van der Waals surface area (Å²) in [6, 6.07) is 12.0. The van der Waals surface area contributed by atoms with Crippen LogP contribution in [0.5, 0.6) is 17.2 Å². The molecule has 1 aliphatic rings. The molecule has 4 rings (SSSR count). The number of hydrogen-bond donors (Lipinski definition) is 0. The van der Waals surface area contributed by atoms with Crippen LogP contribution in [0.4, 0.5) is 0 Å². The molecule has 1 aliphatic heterocycles. The molecule has 198 valence electrons. The Morgan fingerprint density at radius 1 is 1.13 bits per heavy atom. The fraction of sp³-hybridized carbons (Fsp3) is 0.276. The fourth-order valence-electron chi connectivity index (χ4n) is 4.26. The summed E-state index contributed by atoms with van der Waals surface area (Å²) in [5.41, 5.74) is 1.93. The highest BCUT2D eigenvalue weighted by molar-refractivity contribution is 7.07. The molecular weight excluding hydrogens is 504 g/mol. The third-order valence-electron chi connectivity index (χ3n) is 5.88. The second-order valence-electron chi connectivity index (χ2n) is 8.28. The second kappa shape index (κ2) is 12.0. The number of thiazole rings is 1. The Hall–Kier alpha value is -4.11. The molecule has 0 bridgehead atoms.